The molecular formula is C18H26Cl2N2O. The Labute approximate surface area is 149 Å². The van der Waals surface area contributed by atoms with Crippen molar-refractivity contribution in [2.24, 2.45) is 11.3 Å². The minimum Gasteiger partial charge on any atom is -0.352 e. The quantitative estimate of drug-likeness (QED) is 0.843. The number of amides is 1. The molecule has 1 aromatic carbocycles. The molecule has 0 spiro atoms. The molecule has 1 atom stereocenters. The molecule has 0 aliphatic carbocycles. The van der Waals surface area contributed by atoms with Gasteiger partial charge in [-0.05, 0) is 55.5 Å². The predicted octanol–water partition coefficient (Wildman–Crippen LogP) is 4.48. The number of nitrogens with one attached hydrogen (secondary N) is 1. The largest absolute Gasteiger partial charge is 0.352 e. The topological polar surface area (TPSA) is 32.3 Å². The molecule has 1 aliphatic rings. The van der Waals surface area contributed by atoms with Crippen molar-refractivity contribution in [1.29, 1.82) is 0 Å². The lowest BCUT2D eigenvalue weighted by Gasteiger charge is -2.23. The van der Waals surface area contributed by atoms with Crippen LogP contribution >= 0.6 is 23.2 Å². The molecule has 1 saturated heterocycles. The molecule has 1 heterocycles. The van der Waals surface area contributed by atoms with Gasteiger partial charge in [-0.1, -0.05) is 44.0 Å². The highest BCUT2D eigenvalue weighted by Crippen LogP contribution is 2.23. The van der Waals surface area contributed by atoms with Gasteiger partial charge in [-0.15, -0.1) is 0 Å². The van der Waals surface area contributed by atoms with E-state index in [0.29, 0.717) is 33.5 Å². The van der Waals surface area contributed by atoms with Crippen LogP contribution in [0.3, 0.4) is 0 Å². The first-order valence-corrected chi connectivity index (χ1v) is 8.95. The van der Waals surface area contributed by atoms with Crippen molar-refractivity contribution in [1.82, 2.24) is 10.2 Å². The molecule has 5 heteroatoms. The van der Waals surface area contributed by atoms with E-state index in [2.05, 4.69) is 31.0 Å². The summed E-state index contributed by atoms with van der Waals surface area (Å²) in [4.78, 5) is 14.7. The molecule has 1 N–H and O–H groups in total. The summed E-state index contributed by atoms with van der Waals surface area (Å²) in [7, 11) is 0. The maximum atomic E-state index is 12.2. The van der Waals surface area contributed by atoms with Crippen molar-refractivity contribution in [2.75, 3.05) is 26.2 Å². The van der Waals surface area contributed by atoms with Crippen molar-refractivity contribution in [3.8, 4) is 0 Å². The van der Waals surface area contributed by atoms with Crippen LogP contribution in [0.25, 0.3) is 0 Å². The van der Waals surface area contributed by atoms with Crippen LogP contribution in [0.2, 0.25) is 10.0 Å². The third kappa shape index (κ3) is 6.33. The van der Waals surface area contributed by atoms with E-state index in [9.17, 15) is 4.79 Å². The number of rotatable bonds is 5. The number of hydrogen-bond acceptors (Lipinski definition) is 2. The minimum atomic E-state index is -0.109. The van der Waals surface area contributed by atoms with Crippen LogP contribution in [0, 0.1) is 11.3 Å². The third-order valence-electron chi connectivity index (χ3n) is 4.22. The first kappa shape index (κ1) is 18.6. The molecule has 0 saturated carbocycles. The van der Waals surface area contributed by atoms with Crippen LogP contribution in [-0.4, -0.2) is 37.0 Å². The second-order valence-corrected chi connectivity index (χ2v) is 8.51. The van der Waals surface area contributed by atoms with Crippen molar-refractivity contribution >= 4 is 29.1 Å². The molecule has 0 aromatic heterocycles. The lowest BCUT2D eigenvalue weighted by Crippen LogP contribution is -2.31. The monoisotopic (exact) mass is 356 g/mol. The zero-order chi connectivity index (χ0) is 17.0. The average Bonchev–Trinajstić information content (AvgIpc) is 2.89. The Kier molecular flexibility index (Phi) is 6.35. The molecule has 1 amide bonds. The fraction of sp³-hybridized carbons (Fsp3) is 0.611. The highest BCUT2D eigenvalue weighted by Gasteiger charge is 2.24. The van der Waals surface area contributed by atoms with Crippen molar-refractivity contribution in [3.05, 3.63) is 33.8 Å². The zero-order valence-corrected chi connectivity index (χ0v) is 15.7. The second kappa shape index (κ2) is 7.87. The van der Waals surface area contributed by atoms with Crippen LogP contribution in [0.5, 0.6) is 0 Å². The van der Waals surface area contributed by atoms with Gasteiger partial charge in [0.1, 0.15) is 0 Å². The summed E-state index contributed by atoms with van der Waals surface area (Å²) in [6, 6.07) is 4.92. The molecule has 0 radical (unpaired) electrons. The summed E-state index contributed by atoms with van der Waals surface area (Å²) in [6.07, 6.45) is 2.34. The van der Waals surface area contributed by atoms with E-state index in [1.807, 2.05) is 0 Å². The fourth-order valence-electron chi connectivity index (χ4n) is 2.80. The third-order valence-corrected chi connectivity index (χ3v) is 4.66. The Hall–Kier alpha value is -0.770. The van der Waals surface area contributed by atoms with Gasteiger partial charge in [-0.3, -0.25) is 4.79 Å². The fourth-order valence-corrected chi connectivity index (χ4v) is 3.33. The number of halogens is 2. The van der Waals surface area contributed by atoms with Gasteiger partial charge in [-0.25, -0.2) is 0 Å². The molecule has 1 aromatic rings. The van der Waals surface area contributed by atoms with Crippen molar-refractivity contribution in [2.45, 2.75) is 33.6 Å². The minimum absolute atomic E-state index is 0.109. The molecule has 1 aliphatic heterocycles. The molecular weight excluding hydrogens is 331 g/mol. The van der Waals surface area contributed by atoms with E-state index < -0.39 is 0 Å². The Bertz CT molecular complexity index is 534. The average molecular weight is 357 g/mol. The summed E-state index contributed by atoms with van der Waals surface area (Å²) >= 11 is 11.9. The second-order valence-electron chi connectivity index (χ2n) is 7.63. The molecule has 23 heavy (non-hydrogen) atoms. The van der Waals surface area contributed by atoms with Crippen LogP contribution in [0.4, 0.5) is 0 Å². The summed E-state index contributed by atoms with van der Waals surface area (Å²) in [6.45, 7) is 10.9. The molecule has 1 fully saturated rings. The number of benzene rings is 1. The highest BCUT2D eigenvalue weighted by molar-refractivity contribution is 6.35. The van der Waals surface area contributed by atoms with E-state index >= 15 is 0 Å². The molecule has 2 rings (SSSR count). The first-order chi connectivity index (χ1) is 10.7. The van der Waals surface area contributed by atoms with Gasteiger partial charge in [0, 0.05) is 28.7 Å². The Morgan fingerprint density at radius 1 is 1.26 bits per heavy atom. The Morgan fingerprint density at radius 3 is 2.52 bits per heavy atom. The lowest BCUT2D eigenvalue weighted by molar-refractivity contribution is 0.0947. The number of nitrogens with zero attached hydrogens (tertiary/aromatic N) is 1. The van der Waals surface area contributed by atoms with Crippen LogP contribution in [-0.2, 0) is 0 Å². The van der Waals surface area contributed by atoms with Gasteiger partial charge in [-0.2, -0.15) is 0 Å². The summed E-state index contributed by atoms with van der Waals surface area (Å²) in [5.74, 6) is 0.413. The van der Waals surface area contributed by atoms with Crippen LogP contribution < -0.4 is 5.32 Å². The SMILES string of the molecule is CC(C)(C)CCN1CC[C@H](CNC(=O)c2cc(Cl)cc(Cl)c2)C1. The first-order valence-electron chi connectivity index (χ1n) is 8.19. The smallest absolute Gasteiger partial charge is 0.251 e. The van der Waals surface area contributed by atoms with Gasteiger partial charge in [0.2, 0.25) is 0 Å². The van der Waals surface area contributed by atoms with Gasteiger partial charge in [0.25, 0.3) is 5.91 Å². The summed E-state index contributed by atoms with van der Waals surface area (Å²) < 4.78 is 0. The van der Waals surface area contributed by atoms with Crippen molar-refractivity contribution < 1.29 is 4.79 Å². The highest BCUT2D eigenvalue weighted by atomic mass is 35.5. The summed E-state index contributed by atoms with van der Waals surface area (Å²) in [5.41, 5.74) is 0.892. The van der Waals surface area contributed by atoms with E-state index in [0.717, 1.165) is 26.1 Å². The van der Waals surface area contributed by atoms with E-state index in [-0.39, 0.29) is 5.91 Å². The number of hydrogen-bond donors (Lipinski definition) is 1. The molecule has 0 bridgehead atoms. The standard InChI is InChI=1S/C18H26Cl2N2O/c1-18(2,3)5-7-22-6-4-13(12-22)11-21-17(23)14-8-15(19)10-16(20)9-14/h8-10,13H,4-7,11-12H2,1-3H3,(H,21,23)/t13-/m1/s1. The number of carbonyl (C=O) groups excluding carboxylic acids is 1. The summed E-state index contributed by atoms with van der Waals surface area (Å²) in [5, 5.41) is 3.97. The van der Waals surface area contributed by atoms with E-state index in [4.69, 9.17) is 23.2 Å². The maximum absolute atomic E-state index is 12.2. The zero-order valence-electron chi connectivity index (χ0n) is 14.2. The van der Waals surface area contributed by atoms with E-state index in [1.54, 1.807) is 18.2 Å². The number of likely N-dealkylation sites (tertiary alicyclic amines) is 1. The predicted molar refractivity (Wildman–Crippen MR) is 97.4 cm³/mol. The molecule has 0 unspecified atom stereocenters. The lowest BCUT2D eigenvalue weighted by atomic mass is 9.92. The van der Waals surface area contributed by atoms with Gasteiger partial charge in [0.05, 0.1) is 0 Å². The van der Waals surface area contributed by atoms with Crippen LogP contribution in [0.1, 0.15) is 44.0 Å². The van der Waals surface area contributed by atoms with Gasteiger partial charge in [0.15, 0.2) is 0 Å². The van der Waals surface area contributed by atoms with E-state index in [1.165, 1.54) is 6.42 Å². The van der Waals surface area contributed by atoms with Gasteiger partial charge < -0.3 is 10.2 Å². The maximum Gasteiger partial charge on any atom is 0.251 e. The Morgan fingerprint density at radius 2 is 1.91 bits per heavy atom. The normalized spacial score (nSPS) is 19.1. The van der Waals surface area contributed by atoms with Gasteiger partial charge >= 0.3 is 0 Å². The molecule has 3 nitrogen and oxygen atoms in total. The van der Waals surface area contributed by atoms with Crippen molar-refractivity contribution in [3.63, 3.8) is 0 Å². The number of carbonyl (C=O) groups is 1. The molecule has 128 valence electrons. The van der Waals surface area contributed by atoms with Crippen LogP contribution in [0.15, 0.2) is 18.2 Å². The Balaban J connectivity index is 1.77.